The normalized spacial score (nSPS) is 18.8. The topological polar surface area (TPSA) is 78.0 Å². The summed E-state index contributed by atoms with van der Waals surface area (Å²) in [6.07, 6.45) is 0.513. The Labute approximate surface area is 203 Å². The van der Waals surface area contributed by atoms with Crippen LogP contribution in [0.15, 0.2) is 78.9 Å². The van der Waals surface area contributed by atoms with Crippen molar-refractivity contribution in [3.8, 4) is 0 Å². The van der Waals surface area contributed by atoms with E-state index in [1.54, 1.807) is 34.1 Å². The Morgan fingerprint density at radius 2 is 1.43 bits per heavy atom. The van der Waals surface area contributed by atoms with Gasteiger partial charge < -0.3 is 9.80 Å². The molecule has 3 aromatic rings. The summed E-state index contributed by atoms with van der Waals surface area (Å²) in [7, 11) is 0. The van der Waals surface area contributed by atoms with Crippen molar-refractivity contribution in [1.29, 1.82) is 0 Å². The van der Waals surface area contributed by atoms with Gasteiger partial charge in [-0.1, -0.05) is 48.5 Å². The highest BCUT2D eigenvalue weighted by Crippen LogP contribution is 2.42. The third-order valence-electron chi connectivity index (χ3n) is 6.69. The zero-order chi connectivity index (χ0) is 24.7. The largest absolute Gasteiger partial charge is 0.309 e. The Morgan fingerprint density at radius 1 is 0.857 bits per heavy atom. The number of amides is 4. The number of para-hydroxylation sites is 2. The molecule has 2 heterocycles. The van der Waals surface area contributed by atoms with Crippen LogP contribution in [0.1, 0.15) is 52.6 Å². The lowest BCUT2D eigenvalue weighted by Crippen LogP contribution is -2.49. The first-order chi connectivity index (χ1) is 16.9. The smallest absolute Gasteiger partial charge is 0.262 e. The minimum Gasteiger partial charge on any atom is -0.309 e. The van der Waals surface area contributed by atoms with Crippen LogP contribution in [-0.4, -0.2) is 41.1 Å². The van der Waals surface area contributed by atoms with E-state index in [4.69, 9.17) is 0 Å². The van der Waals surface area contributed by atoms with Gasteiger partial charge in [0, 0.05) is 24.3 Å². The molecular formula is C28H25N3O4. The summed E-state index contributed by atoms with van der Waals surface area (Å²) in [5.74, 6) is -1.36. The predicted octanol–water partition coefficient (Wildman–Crippen LogP) is 4.20. The Kier molecular flexibility index (Phi) is 5.68. The van der Waals surface area contributed by atoms with Crippen LogP contribution in [-0.2, 0) is 9.59 Å². The fourth-order valence-corrected chi connectivity index (χ4v) is 5.19. The van der Waals surface area contributed by atoms with Crippen molar-refractivity contribution >= 4 is 35.0 Å². The summed E-state index contributed by atoms with van der Waals surface area (Å²) in [5, 5.41) is 0. The molecule has 0 spiro atoms. The Morgan fingerprint density at radius 3 is 2.06 bits per heavy atom. The molecule has 0 aromatic heterocycles. The van der Waals surface area contributed by atoms with Crippen LogP contribution in [0.2, 0.25) is 0 Å². The first-order valence-electron chi connectivity index (χ1n) is 11.6. The standard InChI is InChI=1S/C28H25N3O4/c1-18-16-25(23-14-8-9-15-24(23)30(18)19(2)32)31(20-10-4-3-5-11-20)26(33)17-29-27(34)21-12-6-7-13-22(21)28(29)35/h3-15,18,25H,16-17H2,1-2H3/t18-,25+/m0/s1. The highest BCUT2D eigenvalue weighted by molar-refractivity contribution is 6.22. The lowest BCUT2D eigenvalue weighted by Gasteiger charge is -2.43. The average molecular weight is 468 g/mol. The molecule has 4 amide bonds. The second-order valence-electron chi connectivity index (χ2n) is 8.89. The van der Waals surface area contributed by atoms with E-state index in [0.29, 0.717) is 23.2 Å². The molecule has 5 rings (SSSR count). The van der Waals surface area contributed by atoms with Crippen LogP contribution in [0.4, 0.5) is 11.4 Å². The van der Waals surface area contributed by atoms with E-state index in [1.807, 2.05) is 61.5 Å². The maximum Gasteiger partial charge on any atom is 0.262 e. The van der Waals surface area contributed by atoms with E-state index in [2.05, 4.69) is 0 Å². The molecule has 35 heavy (non-hydrogen) atoms. The maximum absolute atomic E-state index is 13.9. The fraction of sp³-hybridized carbons (Fsp3) is 0.214. The molecule has 0 N–H and O–H groups in total. The number of fused-ring (bicyclic) bond motifs is 2. The lowest BCUT2D eigenvalue weighted by molar-refractivity contribution is -0.119. The van der Waals surface area contributed by atoms with Gasteiger partial charge in [0.25, 0.3) is 11.8 Å². The van der Waals surface area contributed by atoms with Gasteiger partial charge in [0.05, 0.1) is 17.2 Å². The predicted molar refractivity (Wildman–Crippen MR) is 132 cm³/mol. The van der Waals surface area contributed by atoms with Gasteiger partial charge in [0.1, 0.15) is 6.54 Å². The number of nitrogens with zero attached hydrogens (tertiary/aromatic N) is 3. The molecule has 0 saturated carbocycles. The molecule has 0 aliphatic carbocycles. The molecule has 0 saturated heterocycles. The van der Waals surface area contributed by atoms with E-state index in [1.165, 1.54) is 6.92 Å². The number of rotatable bonds is 4. The summed E-state index contributed by atoms with van der Waals surface area (Å²) in [4.78, 5) is 56.6. The molecule has 2 aliphatic rings. The molecular weight excluding hydrogens is 442 g/mol. The Bertz CT molecular complexity index is 1300. The third-order valence-corrected chi connectivity index (χ3v) is 6.69. The quantitative estimate of drug-likeness (QED) is 0.539. The number of imide groups is 1. The van der Waals surface area contributed by atoms with Crippen LogP contribution in [0.3, 0.4) is 0 Å². The van der Waals surface area contributed by atoms with E-state index in [-0.39, 0.29) is 30.4 Å². The van der Waals surface area contributed by atoms with Gasteiger partial charge in [0.15, 0.2) is 0 Å². The monoisotopic (exact) mass is 467 g/mol. The summed E-state index contributed by atoms with van der Waals surface area (Å²) in [5.41, 5.74) is 2.89. The van der Waals surface area contributed by atoms with Crippen molar-refractivity contribution in [3.63, 3.8) is 0 Å². The van der Waals surface area contributed by atoms with E-state index in [0.717, 1.165) is 16.2 Å². The Balaban J connectivity index is 1.54. The van der Waals surface area contributed by atoms with Crippen molar-refractivity contribution in [2.45, 2.75) is 32.4 Å². The van der Waals surface area contributed by atoms with E-state index < -0.39 is 11.8 Å². The molecule has 176 valence electrons. The lowest BCUT2D eigenvalue weighted by atomic mass is 9.90. The first kappa shape index (κ1) is 22.5. The van der Waals surface area contributed by atoms with Crippen molar-refractivity contribution in [2.75, 3.05) is 16.3 Å². The van der Waals surface area contributed by atoms with Gasteiger partial charge >= 0.3 is 0 Å². The van der Waals surface area contributed by atoms with Crippen molar-refractivity contribution in [3.05, 3.63) is 95.6 Å². The summed E-state index contributed by atoms with van der Waals surface area (Å²) < 4.78 is 0. The van der Waals surface area contributed by atoms with Gasteiger partial charge in [-0.3, -0.25) is 24.1 Å². The average Bonchev–Trinajstić information content (AvgIpc) is 3.09. The minimum absolute atomic E-state index is 0.0630. The van der Waals surface area contributed by atoms with E-state index >= 15 is 0 Å². The number of carbonyl (C=O) groups excluding carboxylic acids is 4. The van der Waals surface area contributed by atoms with Crippen LogP contribution < -0.4 is 9.80 Å². The Hall–Kier alpha value is -4.26. The number of benzene rings is 3. The first-order valence-corrected chi connectivity index (χ1v) is 11.6. The maximum atomic E-state index is 13.9. The number of anilines is 2. The molecule has 3 aromatic carbocycles. The molecule has 2 atom stereocenters. The minimum atomic E-state index is -0.466. The molecule has 0 unspecified atom stereocenters. The van der Waals surface area contributed by atoms with Gasteiger partial charge in [-0.25, -0.2) is 0 Å². The summed E-state index contributed by atoms with van der Waals surface area (Å²) in [6, 6.07) is 22.9. The second-order valence-corrected chi connectivity index (χ2v) is 8.89. The van der Waals surface area contributed by atoms with Crippen LogP contribution in [0.25, 0.3) is 0 Å². The van der Waals surface area contributed by atoms with E-state index in [9.17, 15) is 19.2 Å². The number of hydrogen-bond donors (Lipinski definition) is 0. The molecule has 0 fully saturated rings. The zero-order valence-electron chi connectivity index (χ0n) is 19.5. The third kappa shape index (κ3) is 3.79. The second kappa shape index (κ2) is 8.83. The summed E-state index contributed by atoms with van der Waals surface area (Å²) in [6.45, 7) is 3.13. The number of hydrogen-bond acceptors (Lipinski definition) is 4. The van der Waals surface area contributed by atoms with Crippen molar-refractivity contribution < 1.29 is 19.2 Å². The van der Waals surface area contributed by atoms with Crippen LogP contribution in [0.5, 0.6) is 0 Å². The van der Waals surface area contributed by atoms with Crippen molar-refractivity contribution in [2.24, 2.45) is 0 Å². The summed E-state index contributed by atoms with van der Waals surface area (Å²) >= 11 is 0. The number of carbonyl (C=O) groups is 4. The van der Waals surface area contributed by atoms with Gasteiger partial charge in [-0.15, -0.1) is 0 Å². The highest BCUT2D eigenvalue weighted by atomic mass is 16.2. The molecule has 0 bridgehead atoms. The highest BCUT2D eigenvalue weighted by Gasteiger charge is 2.41. The van der Waals surface area contributed by atoms with Gasteiger partial charge in [-0.05, 0) is 49.2 Å². The molecule has 7 nitrogen and oxygen atoms in total. The van der Waals surface area contributed by atoms with Gasteiger partial charge in [0.2, 0.25) is 11.8 Å². The zero-order valence-corrected chi connectivity index (χ0v) is 19.5. The molecule has 7 heteroatoms. The van der Waals surface area contributed by atoms with Gasteiger partial charge in [-0.2, -0.15) is 0 Å². The fourth-order valence-electron chi connectivity index (χ4n) is 5.19. The molecule has 0 radical (unpaired) electrons. The van der Waals surface area contributed by atoms with Crippen LogP contribution >= 0.6 is 0 Å². The SMILES string of the molecule is CC(=O)N1c2ccccc2[C@H](N(C(=O)CN2C(=O)c3ccccc3C2=O)c2ccccc2)C[C@@H]1C. The van der Waals surface area contributed by atoms with Crippen molar-refractivity contribution in [1.82, 2.24) is 4.90 Å². The molecule has 2 aliphatic heterocycles. The van der Waals surface area contributed by atoms with Crippen LogP contribution in [0, 0.1) is 0 Å².